The predicted octanol–water partition coefficient (Wildman–Crippen LogP) is 4.84. The third kappa shape index (κ3) is 5.34. The van der Waals surface area contributed by atoms with Gasteiger partial charge < -0.3 is 10.1 Å². The number of nitrogens with one attached hydrogen (secondary N) is 1. The first-order valence-electron chi connectivity index (χ1n) is 8.91. The van der Waals surface area contributed by atoms with Crippen LogP contribution in [0.2, 0.25) is 10.0 Å². The van der Waals surface area contributed by atoms with E-state index in [9.17, 15) is 18.0 Å². The molecule has 1 N–H and O–H groups in total. The molecule has 2 heterocycles. The number of aromatic nitrogens is 3. The average Bonchev–Trinajstić information content (AvgIpc) is 3.09. The van der Waals surface area contributed by atoms with E-state index in [1.807, 2.05) is 6.92 Å². The maximum Gasteiger partial charge on any atom is 0.417 e. The van der Waals surface area contributed by atoms with E-state index in [2.05, 4.69) is 15.5 Å². The van der Waals surface area contributed by atoms with E-state index in [-0.39, 0.29) is 35.4 Å². The van der Waals surface area contributed by atoms with Gasteiger partial charge in [0.25, 0.3) is 0 Å². The minimum Gasteiger partial charge on any atom is -0.494 e. The largest absolute Gasteiger partial charge is 0.494 e. The van der Waals surface area contributed by atoms with Crippen LogP contribution in [0.4, 0.5) is 13.2 Å². The molecule has 0 spiro atoms. The third-order valence-corrected chi connectivity index (χ3v) is 4.95. The van der Waals surface area contributed by atoms with Gasteiger partial charge in [-0.1, -0.05) is 23.2 Å². The molecule has 30 heavy (non-hydrogen) atoms. The zero-order valence-electron chi connectivity index (χ0n) is 15.8. The fraction of sp³-hybridized carbons (Fsp3) is 0.316. The topological polar surface area (TPSA) is 68.5 Å². The molecule has 3 rings (SSSR count). The van der Waals surface area contributed by atoms with E-state index in [1.54, 1.807) is 18.2 Å². The van der Waals surface area contributed by atoms with Crippen LogP contribution >= 0.6 is 23.2 Å². The fourth-order valence-corrected chi connectivity index (χ4v) is 3.03. The van der Waals surface area contributed by atoms with Gasteiger partial charge in [-0.05, 0) is 43.2 Å². The molecule has 0 bridgehead atoms. The molecule has 0 aliphatic carbocycles. The first-order valence-corrected chi connectivity index (χ1v) is 9.67. The predicted molar refractivity (Wildman–Crippen MR) is 106 cm³/mol. The second kappa shape index (κ2) is 9.09. The van der Waals surface area contributed by atoms with Gasteiger partial charge in [-0.3, -0.25) is 9.20 Å². The molecule has 0 unspecified atom stereocenters. The van der Waals surface area contributed by atoms with Crippen LogP contribution in [0.25, 0.3) is 5.65 Å². The van der Waals surface area contributed by atoms with Gasteiger partial charge in [-0.25, -0.2) is 0 Å². The summed E-state index contributed by atoms with van der Waals surface area (Å²) in [6.07, 6.45) is -3.08. The van der Waals surface area contributed by atoms with Gasteiger partial charge in [-0.2, -0.15) is 13.2 Å². The van der Waals surface area contributed by atoms with Crippen LogP contribution in [0.1, 0.15) is 29.8 Å². The van der Waals surface area contributed by atoms with E-state index in [0.29, 0.717) is 23.8 Å². The number of fused-ring (bicyclic) bond motifs is 1. The summed E-state index contributed by atoms with van der Waals surface area (Å²) in [5.74, 6) is 0.504. The molecule has 1 aromatic carbocycles. The molecule has 0 radical (unpaired) electrons. The lowest BCUT2D eigenvalue weighted by Crippen LogP contribution is -2.24. The van der Waals surface area contributed by atoms with Crippen LogP contribution in [0, 0.1) is 6.92 Å². The Hall–Kier alpha value is -2.52. The monoisotopic (exact) mass is 460 g/mol. The number of alkyl halides is 3. The molecule has 0 aliphatic rings. The number of benzene rings is 1. The van der Waals surface area contributed by atoms with Crippen molar-refractivity contribution < 1.29 is 22.7 Å². The van der Waals surface area contributed by atoms with Gasteiger partial charge >= 0.3 is 6.18 Å². The quantitative estimate of drug-likeness (QED) is 0.512. The van der Waals surface area contributed by atoms with Gasteiger partial charge in [0.1, 0.15) is 5.75 Å². The maximum absolute atomic E-state index is 13.0. The highest BCUT2D eigenvalue weighted by Gasteiger charge is 2.32. The number of pyridine rings is 1. The number of ether oxygens (including phenoxy) is 1. The Kier molecular flexibility index (Phi) is 6.72. The van der Waals surface area contributed by atoms with Crippen molar-refractivity contribution in [3.05, 3.63) is 57.5 Å². The van der Waals surface area contributed by atoms with Crippen molar-refractivity contribution in [2.24, 2.45) is 0 Å². The number of carbonyl (C=O) groups excluding carboxylic acids is 1. The average molecular weight is 461 g/mol. The van der Waals surface area contributed by atoms with Gasteiger partial charge in [0.15, 0.2) is 11.5 Å². The van der Waals surface area contributed by atoms with E-state index in [4.69, 9.17) is 27.9 Å². The lowest BCUT2D eigenvalue weighted by molar-refractivity contribution is -0.137. The van der Waals surface area contributed by atoms with Crippen molar-refractivity contribution in [3.8, 4) is 5.75 Å². The summed E-state index contributed by atoms with van der Waals surface area (Å²) in [6, 6.07) is 6.07. The van der Waals surface area contributed by atoms with E-state index in [1.165, 1.54) is 0 Å². The SMILES string of the molecule is Cc1cc(OCCCC(=O)NCc2nnc3c(Cl)cc(C(F)(F)F)cn23)ccc1Cl. The zero-order chi connectivity index (χ0) is 21.9. The first-order chi connectivity index (χ1) is 14.1. The van der Waals surface area contributed by atoms with Crippen molar-refractivity contribution in [2.45, 2.75) is 32.5 Å². The molecule has 0 saturated heterocycles. The summed E-state index contributed by atoms with van der Waals surface area (Å²) in [6.45, 7) is 2.10. The Morgan fingerprint density at radius 2 is 1.97 bits per heavy atom. The Bertz CT molecular complexity index is 1070. The summed E-state index contributed by atoms with van der Waals surface area (Å²) in [7, 11) is 0. The van der Waals surface area contributed by atoms with Crippen LogP contribution < -0.4 is 10.1 Å². The summed E-state index contributed by atoms with van der Waals surface area (Å²) in [4.78, 5) is 12.0. The lowest BCUT2D eigenvalue weighted by Gasteiger charge is -2.09. The van der Waals surface area contributed by atoms with Crippen molar-refractivity contribution in [1.29, 1.82) is 0 Å². The van der Waals surface area contributed by atoms with Crippen molar-refractivity contribution in [3.63, 3.8) is 0 Å². The van der Waals surface area contributed by atoms with Crippen LogP contribution in [0.3, 0.4) is 0 Å². The molecule has 6 nitrogen and oxygen atoms in total. The Morgan fingerprint density at radius 1 is 1.20 bits per heavy atom. The number of rotatable bonds is 7. The van der Waals surface area contributed by atoms with Crippen LogP contribution in [-0.2, 0) is 17.5 Å². The molecule has 3 aromatic rings. The summed E-state index contributed by atoms with van der Waals surface area (Å²) >= 11 is 11.8. The van der Waals surface area contributed by atoms with Gasteiger partial charge in [0.2, 0.25) is 5.91 Å². The van der Waals surface area contributed by atoms with Gasteiger partial charge in [-0.15, -0.1) is 10.2 Å². The normalized spacial score (nSPS) is 11.7. The fourth-order valence-electron chi connectivity index (χ4n) is 2.67. The number of hydrogen-bond acceptors (Lipinski definition) is 4. The van der Waals surface area contributed by atoms with Crippen molar-refractivity contribution >= 4 is 34.8 Å². The standard InChI is InChI=1S/C19H17Cl2F3N4O2/c1-11-7-13(4-5-14(11)20)30-6-2-3-17(29)25-9-16-26-27-18-15(21)8-12(10-28(16)18)19(22,23)24/h4-5,7-8,10H,2-3,6,9H2,1H3,(H,25,29). The minimum atomic E-state index is -4.56. The second-order valence-corrected chi connectivity index (χ2v) is 7.34. The molecule has 2 aromatic heterocycles. The Labute approximate surface area is 179 Å². The Morgan fingerprint density at radius 3 is 2.67 bits per heavy atom. The highest BCUT2D eigenvalue weighted by atomic mass is 35.5. The summed E-state index contributed by atoms with van der Waals surface area (Å²) in [5.41, 5.74) is 0.0452. The van der Waals surface area contributed by atoms with E-state index < -0.39 is 11.7 Å². The molecular formula is C19H17Cl2F3N4O2. The number of amides is 1. The van der Waals surface area contributed by atoms with Crippen molar-refractivity contribution in [1.82, 2.24) is 19.9 Å². The second-order valence-electron chi connectivity index (χ2n) is 6.52. The summed E-state index contributed by atoms with van der Waals surface area (Å²) in [5, 5.41) is 10.7. The smallest absolute Gasteiger partial charge is 0.417 e. The molecule has 0 fully saturated rings. The molecule has 11 heteroatoms. The zero-order valence-corrected chi connectivity index (χ0v) is 17.3. The van der Waals surface area contributed by atoms with Crippen molar-refractivity contribution in [2.75, 3.05) is 6.61 Å². The number of halogens is 5. The molecule has 0 aliphatic heterocycles. The summed E-state index contributed by atoms with van der Waals surface area (Å²) < 4.78 is 45.6. The minimum absolute atomic E-state index is 0.0839. The maximum atomic E-state index is 13.0. The van der Waals surface area contributed by atoms with Crippen LogP contribution in [-0.4, -0.2) is 27.1 Å². The van der Waals surface area contributed by atoms with Gasteiger partial charge in [0.05, 0.1) is 23.7 Å². The first kappa shape index (κ1) is 22.2. The highest BCUT2D eigenvalue weighted by Crippen LogP contribution is 2.32. The molecule has 1 amide bonds. The third-order valence-electron chi connectivity index (χ3n) is 4.25. The number of aryl methyl sites for hydroxylation is 1. The van der Waals surface area contributed by atoms with E-state index >= 15 is 0 Å². The highest BCUT2D eigenvalue weighted by molar-refractivity contribution is 6.33. The molecule has 160 valence electrons. The number of nitrogens with zero attached hydrogens (tertiary/aromatic N) is 3. The molecule has 0 atom stereocenters. The van der Waals surface area contributed by atoms with Crippen LogP contribution in [0.5, 0.6) is 5.75 Å². The molecule has 0 saturated carbocycles. The van der Waals surface area contributed by atoms with Crippen LogP contribution in [0.15, 0.2) is 30.5 Å². The van der Waals surface area contributed by atoms with E-state index in [0.717, 1.165) is 22.2 Å². The number of hydrogen-bond donors (Lipinski definition) is 1. The molecular weight excluding hydrogens is 444 g/mol. The number of carbonyl (C=O) groups is 1. The lowest BCUT2D eigenvalue weighted by atomic mass is 10.2. The Balaban J connectivity index is 1.52. The van der Waals surface area contributed by atoms with Gasteiger partial charge in [0, 0.05) is 17.6 Å².